The van der Waals surface area contributed by atoms with Crippen LogP contribution < -0.4 is 10.9 Å². The average Bonchev–Trinajstić information content (AvgIpc) is 3.17. The van der Waals surface area contributed by atoms with Crippen LogP contribution in [0.15, 0.2) is 41.5 Å². The molecule has 0 spiro atoms. The first-order chi connectivity index (χ1) is 11.2. The minimum Gasteiger partial charge on any atom is -0.377 e. The van der Waals surface area contributed by atoms with Crippen molar-refractivity contribution in [2.75, 3.05) is 18.5 Å². The van der Waals surface area contributed by atoms with E-state index in [9.17, 15) is 4.79 Å². The first-order valence-corrected chi connectivity index (χ1v) is 7.42. The van der Waals surface area contributed by atoms with Gasteiger partial charge in [0.2, 0.25) is 0 Å². The van der Waals surface area contributed by atoms with E-state index < -0.39 is 0 Å². The molecular weight excluding hydrogens is 296 g/mol. The highest BCUT2D eigenvalue weighted by Crippen LogP contribution is 2.22. The lowest BCUT2D eigenvalue weighted by Gasteiger charge is -2.21. The van der Waals surface area contributed by atoms with Gasteiger partial charge in [-0.1, -0.05) is 0 Å². The summed E-state index contributed by atoms with van der Waals surface area (Å²) in [5, 5.41) is 11.9. The van der Waals surface area contributed by atoms with Crippen LogP contribution in [0.5, 0.6) is 0 Å². The Bertz CT molecular complexity index is 902. The summed E-state index contributed by atoms with van der Waals surface area (Å²) in [6.07, 6.45) is 3.32. The second kappa shape index (κ2) is 5.47. The van der Waals surface area contributed by atoms with Gasteiger partial charge < -0.3 is 10.1 Å². The second-order valence-electron chi connectivity index (χ2n) is 5.55. The average molecular weight is 312 g/mol. The van der Waals surface area contributed by atoms with Gasteiger partial charge in [0.15, 0.2) is 5.65 Å². The number of aromatic nitrogens is 5. The van der Waals surface area contributed by atoms with E-state index in [1.807, 2.05) is 19.1 Å². The Morgan fingerprint density at radius 3 is 3.04 bits per heavy atom. The van der Waals surface area contributed by atoms with E-state index in [1.54, 1.807) is 23.0 Å². The normalized spacial score (nSPS) is 20.9. The number of aryl methyl sites for hydroxylation is 1. The third kappa shape index (κ3) is 2.46. The predicted octanol–water partition coefficient (Wildman–Crippen LogP) is 0.646. The Balaban J connectivity index is 1.68. The number of ether oxygens (including phenoxy) is 1. The topological polar surface area (TPSA) is 86.3 Å². The summed E-state index contributed by atoms with van der Waals surface area (Å²) in [5.41, 5.74) is 1.54. The Morgan fingerprint density at radius 1 is 1.26 bits per heavy atom. The summed E-state index contributed by atoms with van der Waals surface area (Å²) < 4.78 is 8.78. The van der Waals surface area contributed by atoms with Crippen molar-refractivity contribution in [1.29, 1.82) is 0 Å². The smallest absolute Gasteiger partial charge is 0.267 e. The molecular formula is C15H16N6O2. The molecule has 1 aliphatic rings. The molecule has 4 rings (SSSR count). The second-order valence-corrected chi connectivity index (χ2v) is 5.55. The summed E-state index contributed by atoms with van der Waals surface area (Å²) in [5.74, 6) is 0.821. The van der Waals surface area contributed by atoms with Crippen LogP contribution in [0.2, 0.25) is 0 Å². The minimum atomic E-state index is -0.164. The van der Waals surface area contributed by atoms with Crippen LogP contribution in [0.3, 0.4) is 0 Å². The highest BCUT2D eigenvalue weighted by atomic mass is 16.5. The molecule has 0 aromatic carbocycles. The molecule has 0 radical (unpaired) electrons. The van der Waals surface area contributed by atoms with Crippen molar-refractivity contribution in [1.82, 2.24) is 24.4 Å². The van der Waals surface area contributed by atoms with Gasteiger partial charge >= 0.3 is 0 Å². The number of fused-ring (bicyclic) bond motifs is 1. The zero-order valence-corrected chi connectivity index (χ0v) is 12.6. The van der Waals surface area contributed by atoms with Crippen molar-refractivity contribution in [3.63, 3.8) is 0 Å². The first-order valence-electron chi connectivity index (χ1n) is 7.42. The van der Waals surface area contributed by atoms with Crippen LogP contribution in [0.1, 0.15) is 11.7 Å². The Morgan fingerprint density at radius 2 is 2.17 bits per heavy atom. The van der Waals surface area contributed by atoms with E-state index in [1.165, 1.54) is 10.7 Å². The molecule has 0 saturated carbocycles. The van der Waals surface area contributed by atoms with Gasteiger partial charge in [-0.2, -0.15) is 14.7 Å². The Labute approximate surface area is 131 Å². The standard InChI is InChI=1S/C15H16N6O2/c1-10-7-14(21-13(18-10)4-6-17-21)19-11-8-23-9-12(11)20-15(22)3-2-5-16-20/h2-7,11-12,19H,8-9H2,1H3. The van der Waals surface area contributed by atoms with Crippen molar-refractivity contribution < 1.29 is 4.74 Å². The molecule has 0 aliphatic carbocycles. The molecule has 0 bridgehead atoms. The van der Waals surface area contributed by atoms with Crippen molar-refractivity contribution >= 4 is 11.5 Å². The number of nitrogens with one attached hydrogen (secondary N) is 1. The number of rotatable bonds is 3. The molecule has 4 heterocycles. The number of nitrogens with zero attached hydrogens (tertiary/aromatic N) is 5. The number of hydrogen-bond donors (Lipinski definition) is 1. The zero-order chi connectivity index (χ0) is 15.8. The van der Waals surface area contributed by atoms with E-state index in [4.69, 9.17) is 4.74 Å². The minimum absolute atomic E-state index is 0.0724. The molecule has 1 fully saturated rings. The maximum absolute atomic E-state index is 12.0. The third-order valence-corrected chi connectivity index (χ3v) is 3.93. The molecule has 1 saturated heterocycles. The SMILES string of the molecule is Cc1cc(NC2COCC2n2ncccc2=O)n2nccc2n1. The van der Waals surface area contributed by atoms with Crippen molar-refractivity contribution in [2.24, 2.45) is 0 Å². The maximum Gasteiger partial charge on any atom is 0.267 e. The van der Waals surface area contributed by atoms with Crippen LogP contribution in [-0.2, 0) is 4.74 Å². The molecule has 1 aliphatic heterocycles. The summed E-state index contributed by atoms with van der Waals surface area (Å²) in [4.78, 5) is 16.4. The fourth-order valence-corrected chi connectivity index (χ4v) is 2.87. The Hall–Kier alpha value is -2.74. The summed E-state index contributed by atoms with van der Waals surface area (Å²) in [6, 6.07) is 6.68. The molecule has 118 valence electrons. The van der Waals surface area contributed by atoms with E-state index in [0.717, 1.165) is 17.2 Å². The van der Waals surface area contributed by atoms with Crippen LogP contribution in [0.4, 0.5) is 5.82 Å². The molecule has 2 unspecified atom stereocenters. The van der Waals surface area contributed by atoms with Gasteiger partial charge in [0.1, 0.15) is 11.9 Å². The highest BCUT2D eigenvalue weighted by molar-refractivity contribution is 5.49. The number of anilines is 1. The fourth-order valence-electron chi connectivity index (χ4n) is 2.87. The largest absolute Gasteiger partial charge is 0.377 e. The van der Waals surface area contributed by atoms with Gasteiger partial charge in [0, 0.05) is 30.1 Å². The molecule has 23 heavy (non-hydrogen) atoms. The van der Waals surface area contributed by atoms with Crippen molar-refractivity contribution in [3.8, 4) is 0 Å². The summed E-state index contributed by atoms with van der Waals surface area (Å²) >= 11 is 0. The van der Waals surface area contributed by atoms with Crippen molar-refractivity contribution in [3.05, 3.63) is 52.7 Å². The molecule has 0 amide bonds. The van der Waals surface area contributed by atoms with Gasteiger partial charge in [0.05, 0.1) is 25.5 Å². The fraction of sp³-hybridized carbons (Fsp3) is 0.333. The van der Waals surface area contributed by atoms with Crippen LogP contribution >= 0.6 is 0 Å². The molecule has 8 nitrogen and oxygen atoms in total. The van der Waals surface area contributed by atoms with Crippen LogP contribution in [-0.4, -0.2) is 43.6 Å². The summed E-state index contributed by atoms with van der Waals surface area (Å²) in [7, 11) is 0. The molecule has 3 aromatic heterocycles. The Kier molecular flexibility index (Phi) is 3.30. The van der Waals surface area contributed by atoms with E-state index >= 15 is 0 Å². The molecule has 1 N–H and O–H groups in total. The third-order valence-electron chi connectivity index (χ3n) is 3.93. The molecule has 8 heteroatoms. The molecule has 3 aromatic rings. The maximum atomic E-state index is 12.0. The van der Waals surface area contributed by atoms with Crippen LogP contribution in [0, 0.1) is 6.92 Å². The predicted molar refractivity (Wildman–Crippen MR) is 83.5 cm³/mol. The highest BCUT2D eigenvalue weighted by Gasteiger charge is 2.31. The lowest BCUT2D eigenvalue weighted by molar-refractivity contribution is 0.182. The zero-order valence-electron chi connectivity index (χ0n) is 12.6. The van der Waals surface area contributed by atoms with Crippen molar-refractivity contribution in [2.45, 2.75) is 19.0 Å². The summed E-state index contributed by atoms with van der Waals surface area (Å²) in [6.45, 7) is 2.88. The van der Waals surface area contributed by atoms with Gasteiger partial charge in [0.25, 0.3) is 5.56 Å². The lowest BCUT2D eigenvalue weighted by Crippen LogP contribution is -2.37. The van der Waals surface area contributed by atoms with Gasteiger partial charge in [-0.15, -0.1) is 0 Å². The van der Waals surface area contributed by atoms with Crippen LogP contribution in [0.25, 0.3) is 5.65 Å². The lowest BCUT2D eigenvalue weighted by atomic mass is 10.1. The van der Waals surface area contributed by atoms with Gasteiger partial charge in [-0.25, -0.2) is 9.67 Å². The van der Waals surface area contributed by atoms with E-state index in [2.05, 4.69) is 20.5 Å². The number of hydrogen-bond acceptors (Lipinski definition) is 6. The van der Waals surface area contributed by atoms with E-state index in [-0.39, 0.29) is 17.6 Å². The monoisotopic (exact) mass is 312 g/mol. The van der Waals surface area contributed by atoms with E-state index in [0.29, 0.717) is 13.2 Å². The quantitative estimate of drug-likeness (QED) is 0.764. The molecule has 2 atom stereocenters. The first kappa shape index (κ1) is 13.9. The van der Waals surface area contributed by atoms with Gasteiger partial charge in [-0.3, -0.25) is 4.79 Å². The van der Waals surface area contributed by atoms with Gasteiger partial charge in [-0.05, 0) is 13.0 Å².